The lowest BCUT2D eigenvalue weighted by atomic mass is 9.95. The Hall–Kier alpha value is -3.01. The van der Waals surface area contributed by atoms with Gasteiger partial charge in [-0.1, -0.05) is 19.9 Å². The highest BCUT2D eigenvalue weighted by Gasteiger charge is 2.27. The molecule has 0 radical (unpaired) electrons. The number of carbonyl (C=O) groups excluding carboxylic acids is 1. The zero-order chi connectivity index (χ0) is 25.3. The molecule has 1 saturated heterocycles. The molecule has 0 saturated carbocycles. The second-order valence-electron chi connectivity index (χ2n) is 9.02. The minimum Gasteiger partial charge on any atom is -0.457 e. The molecule has 3 aromatic rings. The van der Waals surface area contributed by atoms with Crippen LogP contribution in [0.1, 0.15) is 52.4 Å². The molecule has 2 heterocycles. The van der Waals surface area contributed by atoms with E-state index in [1.54, 1.807) is 13.0 Å². The minimum atomic E-state index is -3.76. The maximum Gasteiger partial charge on any atom is 0.338 e. The minimum absolute atomic E-state index is 0.0276. The quantitative estimate of drug-likeness (QED) is 0.374. The number of hydrogen-bond donors (Lipinski definition) is 0. The topological polar surface area (TPSA) is 103 Å². The average molecular weight is 500 g/mol. The third-order valence-corrected chi connectivity index (χ3v) is 8.13. The summed E-state index contributed by atoms with van der Waals surface area (Å²) in [6, 6.07) is 9.53. The summed E-state index contributed by atoms with van der Waals surface area (Å²) in [5.74, 6) is -0.403. The molecule has 1 aliphatic heterocycles. The lowest BCUT2D eigenvalue weighted by Crippen LogP contribution is -2.40. The van der Waals surface area contributed by atoms with E-state index in [-0.39, 0.29) is 36.1 Å². The maximum absolute atomic E-state index is 13.0. The van der Waals surface area contributed by atoms with Gasteiger partial charge in [-0.05, 0) is 60.7 Å². The molecule has 1 fully saturated rings. The average Bonchev–Trinajstić information content (AvgIpc) is 2.82. The number of nitrogens with zero attached hydrogens (tertiary/aromatic N) is 1. The highest BCUT2D eigenvalue weighted by atomic mass is 32.2. The molecule has 2 aromatic carbocycles. The molecular weight excluding hydrogens is 470 g/mol. The first-order valence-electron chi connectivity index (χ1n) is 11.5. The fourth-order valence-electron chi connectivity index (χ4n) is 4.27. The van der Waals surface area contributed by atoms with Crippen LogP contribution in [0.25, 0.3) is 11.0 Å². The van der Waals surface area contributed by atoms with Crippen molar-refractivity contribution in [1.82, 2.24) is 4.31 Å². The predicted octanol–water partition coefficient (Wildman–Crippen LogP) is 3.91. The molecular formula is C26H29NO7S. The third kappa shape index (κ3) is 5.17. The van der Waals surface area contributed by atoms with Crippen LogP contribution in [0.3, 0.4) is 0 Å². The second-order valence-corrected chi connectivity index (χ2v) is 11.0. The fourth-order valence-corrected chi connectivity index (χ4v) is 5.71. The van der Waals surface area contributed by atoms with Crippen molar-refractivity contribution in [1.29, 1.82) is 0 Å². The Morgan fingerprint density at radius 3 is 2.46 bits per heavy atom. The number of rotatable bonds is 6. The molecule has 35 heavy (non-hydrogen) atoms. The molecule has 4 rings (SSSR count). The Morgan fingerprint density at radius 1 is 1.06 bits per heavy atom. The van der Waals surface area contributed by atoms with E-state index < -0.39 is 21.6 Å². The molecule has 0 N–H and O–H groups in total. The largest absolute Gasteiger partial charge is 0.457 e. The molecule has 0 spiro atoms. The van der Waals surface area contributed by atoms with E-state index in [4.69, 9.17) is 13.9 Å². The van der Waals surface area contributed by atoms with Crippen molar-refractivity contribution in [2.24, 2.45) is 0 Å². The summed E-state index contributed by atoms with van der Waals surface area (Å²) < 4.78 is 43.6. The monoisotopic (exact) mass is 499 g/mol. The van der Waals surface area contributed by atoms with Crippen LogP contribution in [0.4, 0.5) is 0 Å². The number of hydrogen-bond acceptors (Lipinski definition) is 7. The Labute approximate surface area is 204 Å². The molecule has 186 valence electrons. The van der Waals surface area contributed by atoms with E-state index in [2.05, 4.69) is 13.8 Å². The highest BCUT2D eigenvalue weighted by Crippen LogP contribution is 2.28. The molecule has 8 nitrogen and oxygen atoms in total. The van der Waals surface area contributed by atoms with Crippen LogP contribution in [0.2, 0.25) is 0 Å². The van der Waals surface area contributed by atoms with Crippen LogP contribution < -0.4 is 5.63 Å². The van der Waals surface area contributed by atoms with E-state index in [0.717, 1.165) is 11.1 Å². The number of sulfonamides is 1. The summed E-state index contributed by atoms with van der Waals surface area (Å²) in [7, 11) is -3.76. The molecule has 0 atom stereocenters. The summed E-state index contributed by atoms with van der Waals surface area (Å²) in [6.07, 6.45) is 0. The first-order valence-corrected chi connectivity index (χ1v) is 12.9. The van der Waals surface area contributed by atoms with Crippen LogP contribution in [0.5, 0.6) is 0 Å². The molecule has 0 aliphatic carbocycles. The van der Waals surface area contributed by atoms with Crippen molar-refractivity contribution >= 4 is 27.0 Å². The third-order valence-electron chi connectivity index (χ3n) is 6.23. The van der Waals surface area contributed by atoms with E-state index >= 15 is 0 Å². The molecule has 9 heteroatoms. The number of aryl methyl sites for hydroxylation is 2. The van der Waals surface area contributed by atoms with Crippen LogP contribution >= 0.6 is 0 Å². The molecule has 1 aromatic heterocycles. The predicted molar refractivity (Wildman–Crippen MR) is 131 cm³/mol. The van der Waals surface area contributed by atoms with E-state index in [9.17, 15) is 18.0 Å². The van der Waals surface area contributed by atoms with Crippen molar-refractivity contribution < 1.29 is 27.1 Å². The number of benzene rings is 2. The molecule has 0 bridgehead atoms. The summed E-state index contributed by atoms with van der Waals surface area (Å²) >= 11 is 0. The smallest absolute Gasteiger partial charge is 0.338 e. The zero-order valence-corrected chi connectivity index (χ0v) is 21.1. The Morgan fingerprint density at radius 2 is 1.77 bits per heavy atom. The SMILES string of the molecule is Cc1ccc(S(=O)(=O)N2CCOCC2)cc1C(=O)OCc1cc(=O)oc2cc(C)c(C(C)C)cc12. The molecule has 1 aliphatic rings. The van der Waals surface area contributed by atoms with E-state index in [1.165, 1.54) is 22.5 Å². The van der Waals surface area contributed by atoms with E-state index in [0.29, 0.717) is 35.3 Å². The van der Waals surface area contributed by atoms with Crippen molar-refractivity contribution in [3.05, 3.63) is 74.6 Å². The summed E-state index contributed by atoms with van der Waals surface area (Å²) in [6.45, 7) is 8.86. The van der Waals surface area contributed by atoms with Gasteiger partial charge in [0.25, 0.3) is 0 Å². The number of esters is 1. The van der Waals surface area contributed by atoms with E-state index in [1.807, 2.05) is 19.1 Å². The first-order chi connectivity index (χ1) is 16.6. The van der Waals surface area contributed by atoms with Crippen LogP contribution in [0, 0.1) is 13.8 Å². The van der Waals surface area contributed by atoms with Crippen LogP contribution in [-0.2, 0) is 26.1 Å². The first kappa shape index (κ1) is 25.1. The van der Waals surface area contributed by atoms with Crippen molar-refractivity contribution in [3.8, 4) is 0 Å². The molecule has 0 amide bonds. The lowest BCUT2D eigenvalue weighted by Gasteiger charge is -2.26. The van der Waals surface area contributed by atoms with Gasteiger partial charge >= 0.3 is 11.6 Å². The molecule has 0 unspecified atom stereocenters. The Balaban J connectivity index is 1.62. The van der Waals surface area contributed by atoms with Crippen LogP contribution in [0.15, 0.2) is 50.5 Å². The van der Waals surface area contributed by atoms with Gasteiger partial charge in [-0.15, -0.1) is 0 Å². The standard InChI is InChI=1S/C26H29NO7S/c1-16(2)21-14-23-19(12-25(28)34-24(23)11-18(21)4)15-33-26(29)22-13-20(6-5-17(22)3)35(30,31)27-7-9-32-10-8-27/h5-6,11-14,16H,7-10,15H2,1-4H3. The van der Waals surface area contributed by atoms with Crippen molar-refractivity contribution in [2.75, 3.05) is 26.3 Å². The fraction of sp³-hybridized carbons (Fsp3) is 0.385. The zero-order valence-electron chi connectivity index (χ0n) is 20.3. The normalized spacial score (nSPS) is 15.0. The van der Waals surface area contributed by atoms with Gasteiger partial charge in [0.15, 0.2) is 0 Å². The van der Waals surface area contributed by atoms with Gasteiger partial charge in [-0.3, -0.25) is 0 Å². The second kappa shape index (κ2) is 9.93. The van der Waals surface area contributed by atoms with Gasteiger partial charge in [-0.2, -0.15) is 4.31 Å². The van der Waals surface area contributed by atoms with Gasteiger partial charge in [-0.25, -0.2) is 18.0 Å². The van der Waals surface area contributed by atoms with Gasteiger partial charge in [0, 0.05) is 30.1 Å². The highest BCUT2D eigenvalue weighted by molar-refractivity contribution is 7.89. The Bertz CT molecular complexity index is 1430. The number of fused-ring (bicyclic) bond motifs is 1. The van der Waals surface area contributed by atoms with Gasteiger partial charge < -0.3 is 13.9 Å². The summed E-state index contributed by atoms with van der Waals surface area (Å²) in [4.78, 5) is 25.1. The lowest BCUT2D eigenvalue weighted by molar-refractivity contribution is 0.0472. The van der Waals surface area contributed by atoms with Crippen molar-refractivity contribution in [3.63, 3.8) is 0 Å². The maximum atomic E-state index is 13.0. The van der Waals surface area contributed by atoms with Crippen molar-refractivity contribution in [2.45, 2.75) is 45.1 Å². The van der Waals surface area contributed by atoms with Gasteiger partial charge in [0.2, 0.25) is 10.0 Å². The number of morpholine rings is 1. The van der Waals surface area contributed by atoms with Crippen LogP contribution in [-0.4, -0.2) is 45.0 Å². The Kier molecular flexibility index (Phi) is 7.12. The van der Waals surface area contributed by atoms with Gasteiger partial charge in [0.1, 0.15) is 12.2 Å². The van der Waals surface area contributed by atoms with Gasteiger partial charge in [0.05, 0.1) is 23.7 Å². The summed E-state index contributed by atoms with van der Waals surface area (Å²) in [5, 5.41) is 0.701. The summed E-state index contributed by atoms with van der Waals surface area (Å²) in [5.41, 5.74) is 3.29. The number of carbonyl (C=O) groups is 1. The number of ether oxygens (including phenoxy) is 2.